The van der Waals surface area contributed by atoms with Gasteiger partial charge in [-0.3, -0.25) is 10.1 Å². The van der Waals surface area contributed by atoms with E-state index in [1.807, 2.05) is 36.5 Å². The Morgan fingerprint density at radius 3 is 2.42 bits per heavy atom. The Balaban J connectivity index is 3.85. The minimum absolute atomic E-state index is 0.217. The van der Waals surface area contributed by atoms with Gasteiger partial charge in [0.1, 0.15) is 6.10 Å². The molecule has 4 heteroatoms. The number of aliphatic carboxylic acids is 1. The molecule has 0 aliphatic rings. The summed E-state index contributed by atoms with van der Waals surface area (Å²) in [5.41, 5.74) is 0. The molecule has 1 unspecified atom stereocenters. The standard InChI is InChI=1S/C20H30O4/c1-2-3-4-5-10-13-16-19(24-23)17-14-11-8-6-7-9-12-15-18-20(21)22/h3-4,7-11,13-14,17,19,23H,2,5-6,12,15-16,18H2,1H3,(H,21,22)/b4-3-,9-7-,11-8-,13-10-,17-14+. The third-order valence-electron chi connectivity index (χ3n) is 3.12. The Morgan fingerprint density at radius 1 is 1.00 bits per heavy atom. The van der Waals surface area contributed by atoms with Crippen LogP contribution in [0.5, 0.6) is 0 Å². The molecule has 0 rings (SSSR count). The fourth-order valence-electron chi connectivity index (χ4n) is 1.83. The number of unbranched alkanes of at least 4 members (excludes halogenated alkanes) is 1. The molecule has 0 saturated carbocycles. The molecule has 2 N–H and O–H groups in total. The van der Waals surface area contributed by atoms with Crippen molar-refractivity contribution in [3.63, 3.8) is 0 Å². The zero-order valence-corrected chi connectivity index (χ0v) is 14.5. The first-order valence-corrected chi connectivity index (χ1v) is 8.51. The Labute approximate surface area is 145 Å². The van der Waals surface area contributed by atoms with Crippen LogP contribution in [0.4, 0.5) is 0 Å². The molecule has 0 radical (unpaired) electrons. The van der Waals surface area contributed by atoms with Gasteiger partial charge in [0.05, 0.1) is 0 Å². The fourth-order valence-corrected chi connectivity index (χ4v) is 1.83. The molecular weight excluding hydrogens is 304 g/mol. The van der Waals surface area contributed by atoms with Gasteiger partial charge < -0.3 is 5.11 Å². The molecule has 0 aromatic rings. The zero-order chi connectivity index (χ0) is 17.9. The van der Waals surface area contributed by atoms with Crippen molar-refractivity contribution < 1.29 is 20.0 Å². The van der Waals surface area contributed by atoms with Crippen molar-refractivity contribution in [2.24, 2.45) is 0 Å². The minimum atomic E-state index is -0.749. The van der Waals surface area contributed by atoms with E-state index in [-0.39, 0.29) is 12.5 Å². The lowest BCUT2D eigenvalue weighted by atomic mass is 10.2. The molecule has 0 fully saturated rings. The highest BCUT2D eigenvalue weighted by Crippen LogP contribution is 2.02. The summed E-state index contributed by atoms with van der Waals surface area (Å²) in [4.78, 5) is 14.8. The van der Waals surface area contributed by atoms with E-state index in [9.17, 15) is 4.79 Å². The highest BCUT2D eigenvalue weighted by atomic mass is 17.1. The lowest BCUT2D eigenvalue weighted by Crippen LogP contribution is -2.04. The van der Waals surface area contributed by atoms with Gasteiger partial charge in [0, 0.05) is 6.42 Å². The Hall–Kier alpha value is -1.91. The van der Waals surface area contributed by atoms with Gasteiger partial charge in [0.2, 0.25) is 0 Å². The van der Waals surface area contributed by atoms with Crippen molar-refractivity contribution >= 4 is 5.97 Å². The molecule has 0 heterocycles. The molecule has 0 aromatic heterocycles. The van der Waals surface area contributed by atoms with Crippen molar-refractivity contribution in [1.29, 1.82) is 0 Å². The van der Waals surface area contributed by atoms with Crippen molar-refractivity contribution in [2.45, 2.75) is 58.0 Å². The van der Waals surface area contributed by atoms with E-state index in [4.69, 9.17) is 10.4 Å². The fraction of sp³-hybridized carbons (Fsp3) is 0.450. The Kier molecular flexibility index (Phi) is 16.1. The van der Waals surface area contributed by atoms with E-state index >= 15 is 0 Å². The third-order valence-corrected chi connectivity index (χ3v) is 3.12. The van der Waals surface area contributed by atoms with E-state index in [1.165, 1.54) is 0 Å². The molecule has 24 heavy (non-hydrogen) atoms. The van der Waals surface area contributed by atoms with Crippen LogP contribution in [0, 0.1) is 0 Å². The van der Waals surface area contributed by atoms with Crippen LogP contribution in [-0.4, -0.2) is 22.4 Å². The number of rotatable bonds is 14. The largest absolute Gasteiger partial charge is 0.481 e. The van der Waals surface area contributed by atoms with Crippen molar-refractivity contribution in [2.75, 3.05) is 0 Å². The normalized spacial score (nSPS) is 14.1. The molecule has 0 saturated heterocycles. The molecule has 0 aromatic carbocycles. The molecular formula is C20H30O4. The summed E-state index contributed by atoms with van der Waals surface area (Å²) in [6.07, 6.45) is 24.5. The molecule has 4 nitrogen and oxygen atoms in total. The summed E-state index contributed by atoms with van der Waals surface area (Å²) in [6.45, 7) is 2.10. The van der Waals surface area contributed by atoms with Crippen LogP contribution < -0.4 is 0 Å². The monoisotopic (exact) mass is 334 g/mol. The maximum atomic E-state index is 10.3. The summed E-state index contributed by atoms with van der Waals surface area (Å²) >= 11 is 0. The van der Waals surface area contributed by atoms with E-state index in [1.54, 1.807) is 6.08 Å². The van der Waals surface area contributed by atoms with E-state index in [2.05, 4.69) is 30.0 Å². The van der Waals surface area contributed by atoms with Gasteiger partial charge in [-0.25, -0.2) is 4.89 Å². The van der Waals surface area contributed by atoms with Gasteiger partial charge in [-0.15, -0.1) is 0 Å². The first kappa shape index (κ1) is 22.1. The number of allylic oxidation sites excluding steroid dienone is 8. The highest BCUT2D eigenvalue weighted by molar-refractivity contribution is 5.66. The predicted octanol–water partition coefficient (Wildman–Crippen LogP) is 5.46. The average molecular weight is 334 g/mol. The molecule has 0 bridgehead atoms. The quantitative estimate of drug-likeness (QED) is 0.145. The van der Waals surface area contributed by atoms with Crippen LogP contribution in [0.1, 0.15) is 51.9 Å². The van der Waals surface area contributed by atoms with Crippen LogP contribution in [0.15, 0.2) is 60.8 Å². The molecule has 0 aliphatic heterocycles. The van der Waals surface area contributed by atoms with Crippen LogP contribution in [0.25, 0.3) is 0 Å². The maximum absolute atomic E-state index is 10.3. The van der Waals surface area contributed by atoms with Gasteiger partial charge >= 0.3 is 5.97 Å². The summed E-state index contributed by atoms with van der Waals surface area (Å²) < 4.78 is 0. The third kappa shape index (κ3) is 16.5. The smallest absolute Gasteiger partial charge is 0.303 e. The number of hydrogen-bond donors (Lipinski definition) is 2. The Morgan fingerprint density at radius 2 is 1.71 bits per heavy atom. The van der Waals surface area contributed by atoms with Crippen molar-refractivity contribution in [3.05, 3.63) is 60.8 Å². The van der Waals surface area contributed by atoms with Crippen molar-refractivity contribution in [1.82, 2.24) is 0 Å². The van der Waals surface area contributed by atoms with Crippen LogP contribution in [-0.2, 0) is 9.68 Å². The van der Waals surface area contributed by atoms with E-state index in [0.717, 1.165) is 25.7 Å². The molecule has 0 amide bonds. The molecule has 0 aliphatic carbocycles. The summed E-state index contributed by atoms with van der Waals surface area (Å²) in [6, 6.07) is 0. The number of carboxylic acid groups (broad SMARTS) is 1. The number of hydrogen-bond acceptors (Lipinski definition) is 3. The van der Waals surface area contributed by atoms with Gasteiger partial charge in [0.15, 0.2) is 0 Å². The van der Waals surface area contributed by atoms with Crippen LogP contribution in [0.2, 0.25) is 0 Å². The van der Waals surface area contributed by atoms with Gasteiger partial charge in [-0.1, -0.05) is 67.7 Å². The van der Waals surface area contributed by atoms with Crippen LogP contribution in [0.3, 0.4) is 0 Å². The summed E-state index contributed by atoms with van der Waals surface area (Å²) in [7, 11) is 0. The topological polar surface area (TPSA) is 66.8 Å². The zero-order valence-electron chi connectivity index (χ0n) is 14.5. The van der Waals surface area contributed by atoms with Gasteiger partial charge in [0.25, 0.3) is 0 Å². The van der Waals surface area contributed by atoms with Crippen molar-refractivity contribution in [3.8, 4) is 0 Å². The van der Waals surface area contributed by atoms with Gasteiger partial charge in [-0.2, -0.15) is 0 Å². The van der Waals surface area contributed by atoms with E-state index in [0.29, 0.717) is 12.8 Å². The summed E-state index contributed by atoms with van der Waals surface area (Å²) in [5.74, 6) is -0.749. The van der Waals surface area contributed by atoms with E-state index < -0.39 is 5.97 Å². The first-order chi connectivity index (χ1) is 11.7. The molecule has 134 valence electrons. The SMILES string of the molecule is CC/C=C\C/C=C\CC(/C=C/C=C\C/C=C\CCCC(=O)O)OO. The lowest BCUT2D eigenvalue weighted by Gasteiger charge is -2.03. The average Bonchev–Trinajstić information content (AvgIpc) is 2.57. The first-order valence-electron chi connectivity index (χ1n) is 8.51. The highest BCUT2D eigenvalue weighted by Gasteiger charge is 1.99. The predicted molar refractivity (Wildman–Crippen MR) is 98.8 cm³/mol. The Bertz CT molecular complexity index is 445. The number of carbonyl (C=O) groups is 1. The second kappa shape index (κ2) is 17.4. The van der Waals surface area contributed by atoms with Gasteiger partial charge in [-0.05, 0) is 38.5 Å². The summed E-state index contributed by atoms with van der Waals surface area (Å²) in [5, 5.41) is 17.4. The second-order valence-electron chi connectivity index (χ2n) is 5.27. The molecule has 1 atom stereocenters. The lowest BCUT2D eigenvalue weighted by molar-refractivity contribution is -0.264. The number of carboxylic acids is 1. The van der Waals surface area contributed by atoms with Crippen LogP contribution >= 0.6 is 0 Å². The minimum Gasteiger partial charge on any atom is -0.481 e. The maximum Gasteiger partial charge on any atom is 0.303 e. The second-order valence-corrected chi connectivity index (χ2v) is 5.27. The molecule has 0 spiro atoms.